The van der Waals surface area contributed by atoms with E-state index in [0.29, 0.717) is 96.0 Å². The maximum absolute atomic E-state index is 14.2. The van der Waals surface area contributed by atoms with Gasteiger partial charge in [-0.1, -0.05) is 33.8 Å². The molecule has 0 saturated carbocycles. The Hall–Kier alpha value is -5.54. The number of pyridine rings is 2. The first-order valence-electron chi connectivity index (χ1n) is 15.5. The Labute approximate surface area is 254 Å². The average molecular weight is 594 g/mol. The molecule has 1 N–H and O–H groups in total. The van der Waals surface area contributed by atoms with Crippen LogP contribution in [-0.4, -0.2) is 14.1 Å². The molecule has 3 heterocycles. The number of aromatic amines is 1. The maximum Gasteiger partial charge on any atom is 0.263 e. The van der Waals surface area contributed by atoms with Crippen molar-refractivity contribution in [2.45, 2.75) is 65.5 Å². The zero-order valence-corrected chi connectivity index (χ0v) is 25.2. The van der Waals surface area contributed by atoms with Crippen molar-refractivity contribution in [2.24, 2.45) is 0 Å². The molecule has 0 aliphatic carbocycles. The summed E-state index contributed by atoms with van der Waals surface area (Å²) in [6, 6.07) is 10.7. The summed E-state index contributed by atoms with van der Waals surface area (Å²) in [5.41, 5.74) is -0.361. The van der Waals surface area contributed by atoms with Gasteiger partial charge >= 0.3 is 0 Å². The van der Waals surface area contributed by atoms with Gasteiger partial charge in [-0.25, -0.2) is 0 Å². The molecule has 0 aliphatic rings. The minimum atomic E-state index is -0.512. The monoisotopic (exact) mass is 593 g/mol. The van der Waals surface area contributed by atoms with Crippen LogP contribution in [-0.2, 0) is 0 Å². The lowest BCUT2D eigenvalue weighted by Gasteiger charge is -2.21. The molecule has 3 aromatic heterocycles. The van der Waals surface area contributed by atoms with Gasteiger partial charge in [0, 0.05) is 60.7 Å². The van der Waals surface area contributed by atoms with Gasteiger partial charge in [0.15, 0.2) is 0 Å². The smallest absolute Gasteiger partial charge is 0.263 e. The highest BCUT2D eigenvalue weighted by Crippen LogP contribution is 2.50. The number of hydrogen-bond donors (Lipinski definition) is 1. The molecular weight excluding hydrogens is 566 g/mol. The SMILES string of the molecule is CCC(CC)n1c(=O)c2cc(C#N)c3c4ccc5c(=O)n(C(CC)CC)c(=O)c6c(C#N)c7[nH]c8cc(c1=O)c2c3c8c7c4c56. The number of nitriles is 2. The van der Waals surface area contributed by atoms with Gasteiger partial charge in [0.1, 0.15) is 6.07 Å². The topological polar surface area (TPSA) is 142 Å². The van der Waals surface area contributed by atoms with E-state index in [-0.39, 0.29) is 28.6 Å². The first-order chi connectivity index (χ1) is 21.8. The van der Waals surface area contributed by atoms with Gasteiger partial charge in [-0.3, -0.25) is 28.3 Å². The van der Waals surface area contributed by atoms with Gasteiger partial charge in [-0.05, 0) is 49.3 Å². The molecule has 8 aromatic rings. The second-order valence-corrected chi connectivity index (χ2v) is 12.1. The van der Waals surface area contributed by atoms with Crippen molar-refractivity contribution in [2.75, 3.05) is 0 Å². The Balaban J connectivity index is 1.76. The van der Waals surface area contributed by atoms with E-state index in [1.165, 1.54) is 9.13 Å². The zero-order chi connectivity index (χ0) is 31.6. The van der Waals surface area contributed by atoms with E-state index in [4.69, 9.17) is 0 Å². The number of H-pyrrole nitrogens is 1. The zero-order valence-electron chi connectivity index (χ0n) is 25.2. The largest absolute Gasteiger partial charge is 0.353 e. The molecule has 0 atom stereocenters. The maximum atomic E-state index is 14.2. The summed E-state index contributed by atoms with van der Waals surface area (Å²) in [7, 11) is 0. The van der Waals surface area contributed by atoms with Crippen LogP contribution in [0.3, 0.4) is 0 Å². The van der Waals surface area contributed by atoms with Crippen LogP contribution in [0.4, 0.5) is 0 Å². The van der Waals surface area contributed by atoms with Crippen molar-refractivity contribution in [3.8, 4) is 12.1 Å². The van der Waals surface area contributed by atoms with Gasteiger partial charge in [-0.15, -0.1) is 0 Å². The summed E-state index contributed by atoms with van der Waals surface area (Å²) in [5.74, 6) is 0. The van der Waals surface area contributed by atoms with Crippen molar-refractivity contribution in [1.29, 1.82) is 10.5 Å². The fourth-order valence-electron chi connectivity index (χ4n) is 8.21. The van der Waals surface area contributed by atoms with E-state index in [2.05, 4.69) is 17.1 Å². The van der Waals surface area contributed by atoms with Gasteiger partial charge in [0.05, 0.1) is 38.9 Å². The van der Waals surface area contributed by atoms with Crippen molar-refractivity contribution in [3.05, 3.63) is 76.8 Å². The minimum absolute atomic E-state index is 0.131. The summed E-state index contributed by atoms with van der Waals surface area (Å²) in [6.07, 6.45) is 2.33. The molecule has 45 heavy (non-hydrogen) atoms. The van der Waals surface area contributed by atoms with Crippen molar-refractivity contribution in [1.82, 2.24) is 14.1 Å². The number of nitrogens with zero attached hydrogens (tertiary/aromatic N) is 4. The van der Waals surface area contributed by atoms with Crippen LogP contribution < -0.4 is 22.2 Å². The first-order valence-corrected chi connectivity index (χ1v) is 15.5. The molecule has 8 rings (SSSR count). The van der Waals surface area contributed by atoms with Crippen LogP contribution in [0.25, 0.3) is 75.7 Å². The van der Waals surface area contributed by atoms with Gasteiger partial charge < -0.3 is 4.98 Å². The summed E-state index contributed by atoms with van der Waals surface area (Å²) in [5, 5.41) is 26.8. The number of hydrogen-bond acceptors (Lipinski definition) is 6. The third-order valence-corrected chi connectivity index (χ3v) is 10.3. The van der Waals surface area contributed by atoms with Crippen LogP contribution >= 0.6 is 0 Å². The molecule has 0 amide bonds. The quantitative estimate of drug-likeness (QED) is 0.176. The molecule has 0 bridgehead atoms. The van der Waals surface area contributed by atoms with Crippen molar-refractivity contribution < 1.29 is 0 Å². The summed E-state index contributed by atoms with van der Waals surface area (Å²) < 4.78 is 2.60. The molecule has 0 radical (unpaired) electrons. The van der Waals surface area contributed by atoms with Crippen LogP contribution in [0.2, 0.25) is 0 Å². The molecule has 5 aromatic carbocycles. The fourth-order valence-corrected chi connectivity index (χ4v) is 8.21. The first kappa shape index (κ1) is 27.0. The molecule has 0 fully saturated rings. The molecule has 220 valence electrons. The number of rotatable bonds is 6. The number of nitrogens with one attached hydrogen (secondary N) is 1. The Morgan fingerprint density at radius 2 is 1.16 bits per heavy atom. The number of aromatic nitrogens is 3. The van der Waals surface area contributed by atoms with Gasteiger partial charge in [0.25, 0.3) is 22.2 Å². The molecule has 0 aliphatic heterocycles. The van der Waals surface area contributed by atoms with E-state index in [1.807, 2.05) is 27.7 Å². The minimum Gasteiger partial charge on any atom is -0.353 e. The van der Waals surface area contributed by atoms with Crippen LogP contribution in [0.5, 0.6) is 0 Å². The molecule has 9 nitrogen and oxygen atoms in total. The van der Waals surface area contributed by atoms with Gasteiger partial charge in [-0.2, -0.15) is 10.5 Å². The number of fused-ring (bicyclic) bond motifs is 1. The lowest BCUT2D eigenvalue weighted by Crippen LogP contribution is -2.36. The summed E-state index contributed by atoms with van der Waals surface area (Å²) in [6.45, 7) is 7.72. The Morgan fingerprint density at radius 3 is 1.76 bits per heavy atom. The van der Waals surface area contributed by atoms with Crippen molar-refractivity contribution >= 4 is 75.7 Å². The standard InChI is InChI=1S/C36H27N5O4/c1-5-16(6-2)40-34(43)20-11-15(13-37)24-18-9-10-19-27-26(18)31-29-23(12-21(35(40)44)25(20)30(24)29)39-32(31)22(14-38)28(27)36(45)41(33(19)42)17(7-3)8-4/h9-12,16-17,39H,5-8H2,1-4H3. The lowest BCUT2D eigenvalue weighted by atomic mass is 9.83. The predicted molar refractivity (Wildman–Crippen MR) is 178 cm³/mol. The van der Waals surface area contributed by atoms with Gasteiger partial charge in [0.2, 0.25) is 0 Å². The average Bonchev–Trinajstić information content (AvgIpc) is 3.44. The van der Waals surface area contributed by atoms with Crippen LogP contribution in [0.1, 0.15) is 76.6 Å². The van der Waals surface area contributed by atoms with E-state index >= 15 is 0 Å². The molecule has 9 heteroatoms. The van der Waals surface area contributed by atoms with Crippen LogP contribution in [0.15, 0.2) is 43.4 Å². The molecule has 0 unspecified atom stereocenters. The lowest BCUT2D eigenvalue weighted by molar-refractivity contribution is 0.451. The van der Waals surface area contributed by atoms with Crippen molar-refractivity contribution in [3.63, 3.8) is 0 Å². The highest BCUT2D eigenvalue weighted by molar-refractivity contribution is 6.46. The molecule has 0 saturated heterocycles. The summed E-state index contributed by atoms with van der Waals surface area (Å²) in [4.78, 5) is 59.7. The highest BCUT2D eigenvalue weighted by atomic mass is 16.2. The Kier molecular flexibility index (Phi) is 5.40. The fraction of sp³-hybridized carbons (Fsp3) is 0.278. The van der Waals surface area contributed by atoms with E-state index < -0.39 is 22.2 Å². The molecular formula is C36H27N5O4. The second-order valence-electron chi connectivity index (χ2n) is 12.1. The van der Waals surface area contributed by atoms with E-state index in [9.17, 15) is 29.7 Å². The third kappa shape index (κ3) is 2.96. The predicted octanol–water partition coefficient (Wildman–Crippen LogP) is 6.35. The van der Waals surface area contributed by atoms with Crippen LogP contribution in [0, 0.1) is 22.7 Å². The van der Waals surface area contributed by atoms with E-state index in [1.54, 1.807) is 24.3 Å². The normalized spacial score (nSPS) is 12.6. The summed E-state index contributed by atoms with van der Waals surface area (Å²) >= 11 is 0. The Bertz CT molecular complexity index is 2870. The Morgan fingerprint density at radius 1 is 0.600 bits per heavy atom. The van der Waals surface area contributed by atoms with E-state index in [0.717, 1.165) is 0 Å². The third-order valence-electron chi connectivity index (χ3n) is 10.3. The highest BCUT2D eigenvalue weighted by Gasteiger charge is 2.31. The second kappa shape index (κ2) is 8.99. The number of benzene rings is 5. The molecule has 0 spiro atoms.